The third-order valence-electron chi connectivity index (χ3n) is 3.56. The van der Waals surface area contributed by atoms with Crippen LogP contribution in [0.15, 0.2) is 42.5 Å². The lowest BCUT2D eigenvalue weighted by molar-refractivity contribution is 0.0979. The molecule has 0 spiro atoms. The molecule has 0 fully saturated rings. The van der Waals surface area contributed by atoms with Crippen molar-refractivity contribution in [1.82, 2.24) is 0 Å². The number of ketones is 2. The van der Waals surface area contributed by atoms with E-state index >= 15 is 0 Å². The Morgan fingerprint density at radius 3 is 2.13 bits per heavy atom. The van der Waals surface area contributed by atoms with Crippen molar-refractivity contribution in [1.29, 1.82) is 0 Å². The highest BCUT2D eigenvalue weighted by atomic mass is 35.5. The van der Waals surface area contributed by atoms with Gasteiger partial charge in [-0.1, -0.05) is 36.4 Å². The molecule has 0 aromatic heterocycles. The van der Waals surface area contributed by atoms with Crippen LogP contribution in [0.4, 0.5) is 5.69 Å². The molecule has 0 unspecified atom stereocenters. The van der Waals surface area contributed by atoms with E-state index in [4.69, 9.17) is 11.6 Å². The molecule has 3 rings (SSSR count). The van der Waals surface area contributed by atoms with E-state index in [1.165, 1.54) is 18.2 Å². The highest BCUT2D eigenvalue weighted by molar-refractivity contribution is 7.92. The summed E-state index contributed by atoms with van der Waals surface area (Å²) in [6.45, 7) is 0. The average Bonchev–Trinajstić information content (AvgIpc) is 2.52. The van der Waals surface area contributed by atoms with Crippen LogP contribution in [0.25, 0.3) is 0 Å². The quantitative estimate of drug-likeness (QED) is 0.734. The van der Waals surface area contributed by atoms with Crippen LogP contribution in [0.1, 0.15) is 31.8 Å². The zero-order valence-corrected chi connectivity index (χ0v) is 13.4. The van der Waals surface area contributed by atoms with Gasteiger partial charge >= 0.3 is 0 Å². The SMILES string of the molecule is O=C1c2ccccc2C(=O)c2c(NS(=O)(=O)CCCl)cccc21. The number of benzene rings is 2. The van der Waals surface area contributed by atoms with Gasteiger partial charge in [0.25, 0.3) is 0 Å². The summed E-state index contributed by atoms with van der Waals surface area (Å²) in [6, 6.07) is 11.0. The Morgan fingerprint density at radius 1 is 0.870 bits per heavy atom. The van der Waals surface area contributed by atoms with Crippen molar-refractivity contribution in [2.45, 2.75) is 0 Å². The van der Waals surface area contributed by atoms with Crippen LogP contribution in [-0.2, 0) is 10.0 Å². The molecule has 0 saturated heterocycles. The van der Waals surface area contributed by atoms with E-state index in [0.717, 1.165) is 0 Å². The van der Waals surface area contributed by atoms with Crippen molar-refractivity contribution in [3.63, 3.8) is 0 Å². The molecule has 0 radical (unpaired) electrons. The van der Waals surface area contributed by atoms with Gasteiger partial charge in [0.1, 0.15) is 0 Å². The molecule has 0 atom stereocenters. The Bertz CT molecular complexity index is 921. The summed E-state index contributed by atoms with van der Waals surface area (Å²) < 4.78 is 26.2. The van der Waals surface area contributed by atoms with Crippen LogP contribution in [0.3, 0.4) is 0 Å². The summed E-state index contributed by atoms with van der Waals surface area (Å²) in [5.41, 5.74) is 0.967. The van der Waals surface area contributed by atoms with Crippen molar-refractivity contribution in [3.8, 4) is 0 Å². The van der Waals surface area contributed by atoms with Gasteiger partial charge in [-0.2, -0.15) is 0 Å². The number of carbonyl (C=O) groups excluding carboxylic acids is 2. The molecule has 0 aliphatic heterocycles. The predicted molar refractivity (Wildman–Crippen MR) is 87.9 cm³/mol. The second kappa shape index (κ2) is 5.79. The minimum absolute atomic E-state index is 0.0694. The van der Waals surface area contributed by atoms with Gasteiger partial charge in [0.15, 0.2) is 11.6 Å². The molecule has 1 aliphatic rings. The van der Waals surface area contributed by atoms with Gasteiger partial charge in [-0.15, -0.1) is 11.6 Å². The zero-order valence-electron chi connectivity index (χ0n) is 11.9. The number of fused-ring (bicyclic) bond motifs is 2. The number of sulfonamides is 1. The van der Waals surface area contributed by atoms with E-state index in [9.17, 15) is 18.0 Å². The number of rotatable bonds is 4. The maximum Gasteiger partial charge on any atom is 0.233 e. The number of hydrogen-bond acceptors (Lipinski definition) is 4. The lowest BCUT2D eigenvalue weighted by Gasteiger charge is -2.20. The molecule has 5 nitrogen and oxygen atoms in total. The highest BCUT2D eigenvalue weighted by Gasteiger charge is 2.32. The first-order chi connectivity index (χ1) is 10.9. The fourth-order valence-corrected chi connectivity index (χ4v) is 3.97. The third kappa shape index (κ3) is 2.75. The van der Waals surface area contributed by atoms with E-state index in [-0.39, 0.29) is 45.6 Å². The number of alkyl halides is 1. The molecule has 2 aromatic carbocycles. The number of carbonyl (C=O) groups is 2. The molecule has 0 amide bonds. The molecular formula is C16H12ClNO4S. The Morgan fingerprint density at radius 2 is 1.48 bits per heavy atom. The highest BCUT2D eigenvalue weighted by Crippen LogP contribution is 2.32. The first kappa shape index (κ1) is 15.7. The largest absolute Gasteiger partial charge is 0.289 e. The normalized spacial score (nSPS) is 13.4. The fourth-order valence-electron chi connectivity index (χ4n) is 2.55. The average molecular weight is 350 g/mol. The van der Waals surface area contributed by atoms with Crippen LogP contribution < -0.4 is 4.72 Å². The predicted octanol–water partition coefficient (Wildman–Crippen LogP) is 2.44. The lowest BCUT2D eigenvalue weighted by atomic mass is 9.83. The van der Waals surface area contributed by atoms with E-state index in [0.29, 0.717) is 5.56 Å². The Kier molecular flexibility index (Phi) is 3.95. The maximum absolute atomic E-state index is 12.7. The van der Waals surface area contributed by atoms with Gasteiger partial charge in [0.2, 0.25) is 10.0 Å². The smallest absolute Gasteiger partial charge is 0.233 e. The van der Waals surface area contributed by atoms with Gasteiger partial charge in [-0.05, 0) is 6.07 Å². The van der Waals surface area contributed by atoms with Gasteiger partial charge in [0.05, 0.1) is 17.0 Å². The Hall–Kier alpha value is -2.18. The molecule has 7 heteroatoms. The van der Waals surface area contributed by atoms with Gasteiger partial charge in [-0.25, -0.2) is 8.42 Å². The number of nitrogens with one attached hydrogen (secondary N) is 1. The molecule has 2 aromatic rings. The Labute approximate surface area is 138 Å². The van der Waals surface area contributed by atoms with Crippen LogP contribution in [0.2, 0.25) is 0 Å². The molecule has 118 valence electrons. The lowest BCUT2D eigenvalue weighted by Crippen LogP contribution is -2.25. The van der Waals surface area contributed by atoms with Gasteiger partial charge in [-0.3, -0.25) is 14.3 Å². The molecular weight excluding hydrogens is 338 g/mol. The van der Waals surface area contributed by atoms with Crippen molar-refractivity contribution < 1.29 is 18.0 Å². The molecule has 0 saturated carbocycles. The van der Waals surface area contributed by atoms with Crippen molar-refractivity contribution in [3.05, 3.63) is 64.7 Å². The minimum atomic E-state index is -3.68. The molecule has 1 N–H and O–H groups in total. The van der Waals surface area contributed by atoms with E-state index in [1.807, 2.05) is 0 Å². The van der Waals surface area contributed by atoms with Gasteiger partial charge < -0.3 is 0 Å². The van der Waals surface area contributed by atoms with Crippen LogP contribution in [-0.4, -0.2) is 31.6 Å². The van der Waals surface area contributed by atoms with Crippen molar-refractivity contribution >= 4 is 38.9 Å². The van der Waals surface area contributed by atoms with Crippen molar-refractivity contribution in [2.24, 2.45) is 0 Å². The van der Waals surface area contributed by atoms with Crippen LogP contribution in [0, 0.1) is 0 Å². The van der Waals surface area contributed by atoms with Crippen LogP contribution in [0.5, 0.6) is 0 Å². The van der Waals surface area contributed by atoms with Crippen molar-refractivity contribution in [2.75, 3.05) is 16.4 Å². The molecule has 0 heterocycles. The maximum atomic E-state index is 12.7. The van der Waals surface area contributed by atoms with E-state index < -0.39 is 10.0 Å². The summed E-state index contributed by atoms with van der Waals surface area (Å²) >= 11 is 5.47. The topological polar surface area (TPSA) is 80.3 Å². The number of halogens is 1. The molecule has 0 bridgehead atoms. The van der Waals surface area contributed by atoms with E-state index in [1.54, 1.807) is 24.3 Å². The first-order valence-corrected chi connectivity index (χ1v) is 9.01. The number of hydrogen-bond donors (Lipinski definition) is 1. The minimum Gasteiger partial charge on any atom is -0.289 e. The summed E-state index contributed by atoms with van der Waals surface area (Å²) in [7, 11) is -3.68. The second-order valence-corrected chi connectivity index (χ2v) is 7.26. The van der Waals surface area contributed by atoms with Crippen LogP contribution >= 0.6 is 11.6 Å². The zero-order chi connectivity index (χ0) is 16.6. The standard InChI is InChI=1S/C16H12ClNO4S/c17-8-9-23(21,22)18-13-7-3-6-12-14(13)16(20)11-5-2-1-4-10(11)15(12)19/h1-7,18H,8-9H2. The summed E-state index contributed by atoms with van der Waals surface area (Å²) in [5, 5.41) is 0. The Balaban J connectivity index is 2.15. The first-order valence-electron chi connectivity index (χ1n) is 6.82. The third-order valence-corrected chi connectivity index (χ3v) is 5.25. The molecule has 23 heavy (non-hydrogen) atoms. The molecule has 1 aliphatic carbocycles. The summed E-state index contributed by atoms with van der Waals surface area (Å²) in [5.74, 6) is -1.02. The van der Waals surface area contributed by atoms with Gasteiger partial charge in [0, 0.05) is 22.6 Å². The number of anilines is 1. The summed E-state index contributed by atoms with van der Waals surface area (Å²) in [4.78, 5) is 25.3. The second-order valence-electron chi connectivity index (χ2n) is 5.04. The fraction of sp³-hybridized carbons (Fsp3) is 0.125. The summed E-state index contributed by atoms with van der Waals surface area (Å²) in [6.07, 6.45) is 0. The van der Waals surface area contributed by atoms with E-state index in [2.05, 4.69) is 4.72 Å². The monoisotopic (exact) mass is 349 g/mol.